The number of nitrogens with two attached hydrogens (primary N) is 1. The van der Waals surface area contributed by atoms with E-state index in [-0.39, 0.29) is 0 Å². The third-order valence-corrected chi connectivity index (χ3v) is 4.51. The van der Waals surface area contributed by atoms with E-state index in [1.54, 1.807) is 0 Å². The Morgan fingerprint density at radius 1 is 1.27 bits per heavy atom. The SMILES string of the molecule is CC1CCN(C2CCC(C)(C)C2)CC1N. The molecule has 15 heavy (non-hydrogen) atoms. The molecule has 0 amide bonds. The lowest BCUT2D eigenvalue weighted by Gasteiger charge is -2.39. The van der Waals surface area contributed by atoms with E-state index < -0.39 is 0 Å². The van der Waals surface area contributed by atoms with Crippen molar-refractivity contribution in [2.75, 3.05) is 13.1 Å². The van der Waals surface area contributed by atoms with Gasteiger partial charge in [-0.2, -0.15) is 0 Å². The molecule has 0 aromatic rings. The highest BCUT2D eigenvalue weighted by atomic mass is 15.2. The minimum Gasteiger partial charge on any atom is -0.326 e. The van der Waals surface area contributed by atoms with Crippen molar-refractivity contribution >= 4 is 0 Å². The molecular formula is C13H26N2. The summed E-state index contributed by atoms with van der Waals surface area (Å²) in [6, 6.07) is 1.22. The van der Waals surface area contributed by atoms with Gasteiger partial charge in [0.15, 0.2) is 0 Å². The molecule has 1 saturated carbocycles. The molecule has 1 heterocycles. The van der Waals surface area contributed by atoms with Gasteiger partial charge in [-0.3, -0.25) is 4.90 Å². The van der Waals surface area contributed by atoms with Crippen molar-refractivity contribution in [3.8, 4) is 0 Å². The molecule has 0 spiro atoms. The van der Waals surface area contributed by atoms with Crippen LogP contribution in [0.3, 0.4) is 0 Å². The maximum absolute atomic E-state index is 6.16. The number of likely N-dealkylation sites (tertiary alicyclic amines) is 1. The lowest BCUT2D eigenvalue weighted by Crippen LogP contribution is -2.50. The van der Waals surface area contributed by atoms with Gasteiger partial charge in [0, 0.05) is 18.6 Å². The Bertz CT molecular complexity index is 225. The average molecular weight is 210 g/mol. The Hall–Kier alpha value is -0.0800. The molecule has 2 rings (SSSR count). The predicted molar refractivity (Wildman–Crippen MR) is 64.7 cm³/mol. The van der Waals surface area contributed by atoms with Crippen LogP contribution in [0.25, 0.3) is 0 Å². The molecule has 2 heteroatoms. The highest BCUT2D eigenvalue weighted by molar-refractivity contribution is 4.91. The van der Waals surface area contributed by atoms with Crippen LogP contribution in [0.4, 0.5) is 0 Å². The molecule has 2 nitrogen and oxygen atoms in total. The van der Waals surface area contributed by atoms with Crippen molar-refractivity contribution in [1.29, 1.82) is 0 Å². The summed E-state index contributed by atoms with van der Waals surface area (Å²) in [5.41, 5.74) is 6.73. The van der Waals surface area contributed by atoms with E-state index >= 15 is 0 Å². The highest BCUT2D eigenvalue weighted by Crippen LogP contribution is 2.40. The first-order chi connectivity index (χ1) is 6.98. The van der Waals surface area contributed by atoms with Gasteiger partial charge in [0.25, 0.3) is 0 Å². The van der Waals surface area contributed by atoms with Crippen LogP contribution < -0.4 is 5.73 Å². The van der Waals surface area contributed by atoms with E-state index in [0.717, 1.165) is 18.5 Å². The smallest absolute Gasteiger partial charge is 0.0194 e. The van der Waals surface area contributed by atoms with Gasteiger partial charge < -0.3 is 5.73 Å². The van der Waals surface area contributed by atoms with Crippen LogP contribution >= 0.6 is 0 Å². The molecule has 2 fully saturated rings. The number of piperidine rings is 1. The summed E-state index contributed by atoms with van der Waals surface area (Å²) in [5, 5.41) is 0. The van der Waals surface area contributed by atoms with E-state index in [1.165, 1.54) is 32.2 Å². The fourth-order valence-electron chi connectivity index (χ4n) is 3.17. The normalized spacial score (nSPS) is 42.0. The fourth-order valence-corrected chi connectivity index (χ4v) is 3.17. The number of hydrogen-bond acceptors (Lipinski definition) is 2. The van der Waals surface area contributed by atoms with Crippen LogP contribution in [0.5, 0.6) is 0 Å². The first kappa shape index (κ1) is 11.4. The predicted octanol–water partition coefficient (Wildman–Crippen LogP) is 2.23. The van der Waals surface area contributed by atoms with Gasteiger partial charge in [-0.05, 0) is 43.6 Å². The lowest BCUT2D eigenvalue weighted by atomic mass is 9.90. The molecule has 1 saturated heterocycles. The molecule has 3 atom stereocenters. The Kier molecular flexibility index (Phi) is 3.09. The van der Waals surface area contributed by atoms with Gasteiger partial charge in [-0.25, -0.2) is 0 Å². The summed E-state index contributed by atoms with van der Waals surface area (Å²) in [6.07, 6.45) is 5.43. The van der Waals surface area contributed by atoms with Crippen molar-refractivity contribution < 1.29 is 0 Å². The lowest BCUT2D eigenvalue weighted by molar-refractivity contribution is 0.116. The second-order valence-electron chi connectivity index (χ2n) is 6.49. The maximum Gasteiger partial charge on any atom is 0.0194 e. The summed E-state index contributed by atoms with van der Waals surface area (Å²) in [7, 11) is 0. The second-order valence-corrected chi connectivity index (χ2v) is 6.49. The monoisotopic (exact) mass is 210 g/mol. The van der Waals surface area contributed by atoms with E-state index in [2.05, 4.69) is 25.7 Å². The second kappa shape index (κ2) is 4.06. The molecule has 2 N–H and O–H groups in total. The zero-order valence-electron chi connectivity index (χ0n) is 10.5. The molecule has 88 valence electrons. The molecule has 2 aliphatic rings. The molecule has 0 aromatic carbocycles. The molecule has 0 aromatic heterocycles. The minimum atomic E-state index is 0.405. The first-order valence-corrected chi connectivity index (χ1v) is 6.47. The Morgan fingerprint density at radius 3 is 2.53 bits per heavy atom. The van der Waals surface area contributed by atoms with Crippen molar-refractivity contribution in [1.82, 2.24) is 4.90 Å². The van der Waals surface area contributed by atoms with Crippen molar-refractivity contribution in [2.24, 2.45) is 17.1 Å². The van der Waals surface area contributed by atoms with E-state index in [1.807, 2.05) is 0 Å². The minimum absolute atomic E-state index is 0.405. The standard InChI is InChI=1S/C13H26N2/c1-10-5-7-15(9-12(10)14)11-4-6-13(2,3)8-11/h10-12H,4-9,14H2,1-3H3. The summed E-state index contributed by atoms with van der Waals surface area (Å²) < 4.78 is 0. The summed E-state index contributed by atoms with van der Waals surface area (Å²) in [5.74, 6) is 0.718. The van der Waals surface area contributed by atoms with Crippen molar-refractivity contribution in [3.63, 3.8) is 0 Å². The van der Waals surface area contributed by atoms with Gasteiger partial charge in [-0.1, -0.05) is 20.8 Å². The molecule has 0 bridgehead atoms. The Labute approximate surface area is 94.2 Å². The zero-order chi connectivity index (χ0) is 11.1. The highest BCUT2D eigenvalue weighted by Gasteiger charge is 2.36. The summed E-state index contributed by atoms with van der Waals surface area (Å²) >= 11 is 0. The van der Waals surface area contributed by atoms with E-state index in [9.17, 15) is 0 Å². The van der Waals surface area contributed by atoms with Crippen molar-refractivity contribution in [2.45, 2.75) is 58.5 Å². The third-order valence-electron chi connectivity index (χ3n) is 4.51. The molecule has 1 aliphatic carbocycles. The van der Waals surface area contributed by atoms with Crippen LogP contribution in [0, 0.1) is 11.3 Å². The topological polar surface area (TPSA) is 29.3 Å². The van der Waals surface area contributed by atoms with Gasteiger partial charge in [-0.15, -0.1) is 0 Å². The number of hydrogen-bond donors (Lipinski definition) is 1. The van der Waals surface area contributed by atoms with E-state index in [0.29, 0.717) is 11.5 Å². The van der Waals surface area contributed by atoms with Crippen LogP contribution in [-0.2, 0) is 0 Å². The Balaban J connectivity index is 1.90. The van der Waals surface area contributed by atoms with Gasteiger partial charge in [0.2, 0.25) is 0 Å². The molecule has 3 unspecified atom stereocenters. The molecule has 0 radical (unpaired) electrons. The van der Waals surface area contributed by atoms with Gasteiger partial charge >= 0.3 is 0 Å². The average Bonchev–Trinajstić information content (AvgIpc) is 2.51. The van der Waals surface area contributed by atoms with Crippen molar-refractivity contribution in [3.05, 3.63) is 0 Å². The maximum atomic E-state index is 6.16. The molecule has 1 aliphatic heterocycles. The van der Waals surface area contributed by atoms with Crippen LogP contribution in [-0.4, -0.2) is 30.1 Å². The largest absolute Gasteiger partial charge is 0.326 e. The number of nitrogens with zero attached hydrogens (tertiary/aromatic N) is 1. The van der Waals surface area contributed by atoms with Gasteiger partial charge in [0.1, 0.15) is 0 Å². The first-order valence-electron chi connectivity index (χ1n) is 6.47. The quantitative estimate of drug-likeness (QED) is 0.719. The van der Waals surface area contributed by atoms with Crippen LogP contribution in [0.2, 0.25) is 0 Å². The summed E-state index contributed by atoms with van der Waals surface area (Å²) in [4.78, 5) is 2.65. The number of rotatable bonds is 1. The fraction of sp³-hybridized carbons (Fsp3) is 1.00. The van der Waals surface area contributed by atoms with Crippen LogP contribution in [0.1, 0.15) is 46.5 Å². The zero-order valence-corrected chi connectivity index (χ0v) is 10.5. The van der Waals surface area contributed by atoms with Gasteiger partial charge in [0.05, 0.1) is 0 Å². The summed E-state index contributed by atoms with van der Waals surface area (Å²) in [6.45, 7) is 9.50. The molecular weight excluding hydrogens is 184 g/mol. The Morgan fingerprint density at radius 2 is 2.00 bits per heavy atom. The van der Waals surface area contributed by atoms with E-state index in [4.69, 9.17) is 5.73 Å². The van der Waals surface area contributed by atoms with Crippen LogP contribution in [0.15, 0.2) is 0 Å². The third kappa shape index (κ3) is 2.54.